The quantitative estimate of drug-likeness (QED) is 0.792. The maximum atomic E-state index is 12.8. The van der Waals surface area contributed by atoms with Crippen LogP contribution in [0.4, 0.5) is 10.1 Å². The Morgan fingerprint density at radius 3 is 2.68 bits per heavy atom. The van der Waals surface area contributed by atoms with Gasteiger partial charge < -0.3 is 16.2 Å². The van der Waals surface area contributed by atoms with Gasteiger partial charge in [-0.25, -0.2) is 4.39 Å². The number of anilines is 1. The summed E-state index contributed by atoms with van der Waals surface area (Å²) in [6.45, 7) is 0.284. The predicted molar refractivity (Wildman–Crippen MR) is 70.4 cm³/mol. The highest BCUT2D eigenvalue weighted by molar-refractivity contribution is 6.06. The van der Waals surface area contributed by atoms with Gasteiger partial charge >= 0.3 is 0 Å². The topological polar surface area (TPSA) is 75.3 Å². The lowest BCUT2D eigenvalue weighted by Crippen LogP contribution is -2.14. The molecule has 2 aromatic rings. The van der Waals surface area contributed by atoms with Crippen molar-refractivity contribution in [3.05, 3.63) is 59.4 Å². The van der Waals surface area contributed by atoms with Crippen LogP contribution in [0.3, 0.4) is 0 Å². The fourth-order valence-corrected chi connectivity index (χ4v) is 1.71. The molecule has 98 valence electrons. The van der Waals surface area contributed by atoms with Crippen LogP contribution in [0.1, 0.15) is 15.9 Å². The zero-order chi connectivity index (χ0) is 13.8. The number of aromatic hydroxyl groups is 1. The third kappa shape index (κ3) is 2.89. The molecule has 0 aliphatic rings. The van der Waals surface area contributed by atoms with Gasteiger partial charge in [0.2, 0.25) is 0 Å². The number of hydrogen-bond donors (Lipinski definition) is 3. The van der Waals surface area contributed by atoms with Gasteiger partial charge in [-0.1, -0.05) is 18.2 Å². The van der Waals surface area contributed by atoms with Crippen molar-refractivity contribution < 1.29 is 14.3 Å². The molecule has 0 bridgehead atoms. The number of para-hydroxylation sites is 1. The maximum absolute atomic E-state index is 12.8. The molecule has 0 saturated heterocycles. The van der Waals surface area contributed by atoms with Crippen molar-refractivity contribution in [1.82, 2.24) is 0 Å². The molecule has 2 aromatic carbocycles. The van der Waals surface area contributed by atoms with Crippen LogP contribution in [-0.4, -0.2) is 11.0 Å². The predicted octanol–water partition coefficient (Wildman–Crippen LogP) is 2.24. The molecule has 0 aliphatic heterocycles. The van der Waals surface area contributed by atoms with Crippen molar-refractivity contribution >= 4 is 11.6 Å². The molecule has 0 saturated carbocycles. The molecule has 0 radical (unpaired) electrons. The number of rotatable bonds is 3. The summed E-state index contributed by atoms with van der Waals surface area (Å²) in [6, 6.07) is 10.3. The Hall–Kier alpha value is -2.40. The molecule has 2 rings (SSSR count). The number of nitrogens with two attached hydrogens (primary N) is 1. The fraction of sp³-hybridized carbons (Fsp3) is 0.0714. The molecule has 0 fully saturated rings. The Labute approximate surface area is 109 Å². The van der Waals surface area contributed by atoms with E-state index in [-0.39, 0.29) is 12.1 Å². The minimum absolute atomic E-state index is 0.00762. The molecule has 0 unspecified atom stereocenters. The molecule has 1 amide bonds. The van der Waals surface area contributed by atoms with Crippen LogP contribution in [0.5, 0.6) is 5.75 Å². The number of nitrogens with one attached hydrogen (secondary N) is 1. The molecule has 0 spiro atoms. The summed E-state index contributed by atoms with van der Waals surface area (Å²) in [5.41, 5.74) is 6.92. The summed E-state index contributed by atoms with van der Waals surface area (Å²) in [4.78, 5) is 12.0. The Kier molecular flexibility index (Phi) is 3.77. The Morgan fingerprint density at radius 1 is 1.26 bits per heavy atom. The monoisotopic (exact) mass is 260 g/mol. The van der Waals surface area contributed by atoms with E-state index in [0.29, 0.717) is 5.69 Å². The van der Waals surface area contributed by atoms with E-state index in [9.17, 15) is 14.3 Å². The first kappa shape index (κ1) is 13.0. The molecule has 19 heavy (non-hydrogen) atoms. The first-order chi connectivity index (χ1) is 9.11. The van der Waals surface area contributed by atoms with Crippen LogP contribution < -0.4 is 11.1 Å². The van der Waals surface area contributed by atoms with Crippen LogP contribution >= 0.6 is 0 Å². The number of carbonyl (C=O) groups excluding carboxylic acids is 1. The van der Waals surface area contributed by atoms with Crippen LogP contribution in [0, 0.1) is 5.82 Å². The number of phenolic OH excluding ortho intramolecular Hbond substituents is 1. The largest absolute Gasteiger partial charge is 0.507 e. The van der Waals surface area contributed by atoms with Crippen LogP contribution in [0.2, 0.25) is 0 Å². The molecular formula is C14H13FN2O2. The smallest absolute Gasteiger partial charge is 0.259 e. The van der Waals surface area contributed by atoms with Crippen molar-refractivity contribution in [2.45, 2.75) is 6.54 Å². The van der Waals surface area contributed by atoms with E-state index < -0.39 is 17.5 Å². The zero-order valence-electron chi connectivity index (χ0n) is 10.1. The average Bonchev–Trinajstić information content (AvgIpc) is 2.39. The second kappa shape index (κ2) is 5.49. The summed E-state index contributed by atoms with van der Waals surface area (Å²) in [5.74, 6) is -1.52. The first-order valence-corrected chi connectivity index (χ1v) is 5.69. The Balaban J connectivity index is 2.26. The minimum atomic E-state index is -0.601. The van der Waals surface area contributed by atoms with Gasteiger partial charge in [0.1, 0.15) is 11.6 Å². The number of halogens is 1. The SMILES string of the molecule is NCc1ccccc1NC(=O)c1ccc(F)cc1O. The van der Waals surface area contributed by atoms with Gasteiger partial charge in [-0.2, -0.15) is 0 Å². The molecule has 0 aromatic heterocycles. The van der Waals surface area contributed by atoms with Gasteiger partial charge in [0.25, 0.3) is 5.91 Å². The van der Waals surface area contributed by atoms with E-state index in [1.807, 2.05) is 6.07 Å². The lowest BCUT2D eigenvalue weighted by molar-refractivity contribution is 0.102. The van der Waals surface area contributed by atoms with Gasteiger partial charge in [0.15, 0.2) is 0 Å². The minimum Gasteiger partial charge on any atom is -0.507 e. The Bertz CT molecular complexity index is 614. The fourth-order valence-electron chi connectivity index (χ4n) is 1.71. The number of amides is 1. The van der Waals surface area contributed by atoms with E-state index in [1.165, 1.54) is 6.07 Å². The zero-order valence-corrected chi connectivity index (χ0v) is 10.1. The van der Waals surface area contributed by atoms with Crippen LogP contribution in [-0.2, 0) is 6.54 Å². The highest BCUT2D eigenvalue weighted by Crippen LogP contribution is 2.21. The van der Waals surface area contributed by atoms with Crippen molar-refractivity contribution in [3.8, 4) is 5.75 Å². The molecule has 0 atom stereocenters. The molecule has 0 aliphatic carbocycles. The van der Waals surface area contributed by atoms with E-state index in [1.54, 1.807) is 18.2 Å². The lowest BCUT2D eigenvalue weighted by Gasteiger charge is -2.10. The molecule has 0 heterocycles. The summed E-state index contributed by atoms with van der Waals surface area (Å²) < 4.78 is 12.8. The van der Waals surface area contributed by atoms with Crippen LogP contribution in [0.25, 0.3) is 0 Å². The van der Waals surface area contributed by atoms with Crippen molar-refractivity contribution in [3.63, 3.8) is 0 Å². The Morgan fingerprint density at radius 2 is 2.00 bits per heavy atom. The van der Waals surface area contributed by atoms with Crippen molar-refractivity contribution in [1.29, 1.82) is 0 Å². The summed E-state index contributed by atoms with van der Waals surface area (Å²) >= 11 is 0. The van der Waals surface area contributed by atoms with E-state index >= 15 is 0 Å². The second-order valence-electron chi connectivity index (χ2n) is 3.98. The number of phenols is 1. The highest BCUT2D eigenvalue weighted by atomic mass is 19.1. The third-order valence-electron chi connectivity index (χ3n) is 2.69. The highest BCUT2D eigenvalue weighted by Gasteiger charge is 2.13. The van der Waals surface area contributed by atoms with Gasteiger partial charge in [0.05, 0.1) is 5.56 Å². The van der Waals surface area contributed by atoms with Crippen LogP contribution in [0.15, 0.2) is 42.5 Å². The van der Waals surface area contributed by atoms with Gasteiger partial charge in [-0.05, 0) is 23.8 Å². The molecule has 5 heteroatoms. The van der Waals surface area contributed by atoms with Crippen molar-refractivity contribution in [2.75, 3.05) is 5.32 Å². The maximum Gasteiger partial charge on any atom is 0.259 e. The number of carbonyl (C=O) groups is 1. The summed E-state index contributed by atoms with van der Waals surface area (Å²) in [6.07, 6.45) is 0. The lowest BCUT2D eigenvalue weighted by atomic mass is 10.1. The second-order valence-corrected chi connectivity index (χ2v) is 3.98. The van der Waals surface area contributed by atoms with E-state index in [0.717, 1.165) is 17.7 Å². The average molecular weight is 260 g/mol. The number of benzene rings is 2. The van der Waals surface area contributed by atoms with Gasteiger partial charge in [0, 0.05) is 18.3 Å². The summed E-state index contributed by atoms with van der Waals surface area (Å²) in [5, 5.41) is 12.2. The van der Waals surface area contributed by atoms with Gasteiger partial charge in [-0.15, -0.1) is 0 Å². The molecular weight excluding hydrogens is 247 g/mol. The first-order valence-electron chi connectivity index (χ1n) is 5.69. The molecule has 4 nitrogen and oxygen atoms in total. The normalized spacial score (nSPS) is 10.2. The van der Waals surface area contributed by atoms with E-state index in [2.05, 4.69) is 5.32 Å². The van der Waals surface area contributed by atoms with Crippen molar-refractivity contribution in [2.24, 2.45) is 5.73 Å². The third-order valence-corrected chi connectivity index (χ3v) is 2.69. The standard InChI is InChI=1S/C14H13FN2O2/c15-10-5-6-11(13(18)7-10)14(19)17-12-4-2-1-3-9(12)8-16/h1-7,18H,8,16H2,(H,17,19). The van der Waals surface area contributed by atoms with Gasteiger partial charge in [-0.3, -0.25) is 4.79 Å². The molecule has 4 N–H and O–H groups in total. The van der Waals surface area contributed by atoms with E-state index in [4.69, 9.17) is 5.73 Å². The number of hydrogen-bond acceptors (Lipinski definition) is 3. The summed E-state index contributed by atoms with van der Waals surface area (Å²) in [7, 11) is 0.